The van der Waals surface area contributed by atoms with E-state index in [1.54, 1.807) is 32.0 Å². The largest absolute Gasteiger partial charge is 0.462 e. The molecule has 0 bridgehead atoms. The van der Waals surface area contributed by atoms with Gasteiger partial charge in [0, 0.05) is 24.3 Å². The molecule has 0 radical (unpaired) electrons. The lowest BCUT2D eigenvalue weighted by Crippen LogP contribution is -2.63. The van der Waals surface area contributed by atoms with Gasteiger partial charge in [-0.25, -0.2) is 0 Å². The summed E-state index contributed by atoms with van der Waals surface area (Å²) < 4.78 is 19.1. The van der Waals surface area contributed by atoms with Gasteiger partial charge in [-0.15, -0.1) is 0 Å². The smallest absolute Gasteiger partial charge is 0.308 e. The van der Waals surface area contributed by atoms with Gasteiger partial charge < -0.3 is 44.2 Å². The third-order valence-electron chi connectivity index (χ3n) is 12.1. The number of ether oxygens (including phenoxy) is 3. The fourth-order valence-electron chi connectivity index (χ4n) is 8.83. The van der Waals surface area contributed by atoms with Crippen LogP contribution in [0.5, 0.6) is 0 Å². The van der Waals surface area contributed by atoms with Crippen molar-refractivity contribution in [3.63, 3.8) is 0 Å². The molecule has 0 aromatic rings. The Morgan fingerprint density at radius 1 is 0.904 bits per heavy atom. The highest BCUT2D eigenvalue weighted by molar-refractivity contribution is 5.91. The minimum Gasteiger partial charge on any atom is -0.462 e. The summed E-state index contributed by atoms with van der Waals surface area (Å²) >= 11 is 0. The molecule has 0 aromatic heterocycles. The van der Waals surface area contributed by atoms with E-state index >= 15 is 0 Å². The van der Waals surface area contributed by atoms with Gasteiger partial charge in [0.15, 0.2) is 12.1 Å². The molecule has 0 unspecified atom stereocenters. The lowest BCUT2D eigenvalue weighted by atomic mass is 9.79. The van der Waals surface area contributed by atoms with E-state index in [0.717, 1.165) is 70.5 Å². The van der Waals surface area contributed by atoms with E-state index < -0.39 is 54.7 Å². The van der Waals surface area contributed by atoms with Gasteiger partial charge in [-0.05, 0) is 118 Å². The van der Waals surface area contributed by atoms with Crippen LogP contribution in [-0.4, -0.2) is 144 Å². The summed E-state index contributed by atoms with van der Waals surface area (Å²) in [6, 6.07) is -0.632. The van der Waals surface area contributed by atoms with Crippen LogP contribution in [0, 0.1) is 23.7 Å². The second-order valence-electron chi connectivity index (χ2n) is 16.6. The van der Waals surface area contributed by atoms with Crippen LogP contribution in [0.4, 0.5) is 0 Å². The number of piperidine rings is 2. The third-order valence-corrected chi connectivity index (χ3v) is 12.1. The van der Waals surface area contributed by atoms with E-state index in [1.807, 2.05) is 33.8 Å². The second kappa shape index (κ2) is 20.8. The predicted octanol–water partition coefficient (Wildman–Crippen LogP) is 4.18. The quantitative estimate of drug-likeness (QED) is 0.295. The summed E-state index contributed by atoms with van der Waals surface area (Å²) in [7, 11) is 3.60. The Morgan fingerprint density at radius 2 is 1.54 bits per heavy atom. The Balaban J connectivity index is 1.68. The number of aliphatic hydroxyl groups excluding tert-OH is 3. The number of rotatable bonds is 9. The molecule has 3 fully saturated rings. The molecule has 4 aliphatic rings. The van der Waals surface area contributed by atoms with Gasteiger partial charge in [0.2, 0.25) is 0 Å². The summed E-state index contributed by atoms with van der Waals surface area (Å²) in [5.74, 6) is -1.58. The predicted molar refractivity (Wildman–Crippen MR) is 203 cm³/mol. The van der Waals surface area contributed by atoms with Gasteiger partial charge >= 0.3 is 5.97 Å². The fourth-order valence-corrected chi connectivity index (χ4v) is 8.83. The molecule has 12 atom stereocenters. The highest BCUT2D eigenvalue weighted by Gasteiger charge is 2.47. The topological polar surface area (TPSA) is 132 Å². The molecular formula is C41H71N3O8. The van der Waals surface area contributed by atoms with Crippen LogP contribution in [0.15, 0.2) is 23.8 Å². The maximum absolute atomic E-state index is 13.8. The van der Waals surface area contributed by atoms with E-state index in [2.05, 4.69) is 15.9 Å². The maximum atomic E-state index is 13.8. The number of cyclic esters (lactones) is 1. The molecule has 4 aliphatic heterocycles. The molecule has 298 valence electrons. The Kier molecular flexibility index (Phi) is 17.2. The highest BCUT2D eigenvalue weighted by Crippen LogP contribution is 2.35. The molecule has 4 rings (SSSR count). The number of allylic oxidation sites excluding steroid dienone is 3. The summed E-state index contributed by atoms with van der Waals surface area (Å²) in [6.07, 6.45) is 8.49. The molecule has 0 spiro atoms. The Morgan fingerprint density at radius 3 is 2.15 bits per heavy atom. The van der Waals surface area contributed by atoms with E-state index in [0.29, 0.717) is 19.3 Å². The minimum atomic E-state index is -1.17. The second-order valence-corrected chi connectivity index (χ2v) is 16.6. The number of nitrogens with zero attached hydrogens (tertiary/aromatic N) is 3. The Bertz CT molecular complexity index is 1170. The highest BCUT2D eigenvalue weighted by atomic mass is 16.7. The molecular weight excluding hydrogens is 662 g/mol. The molecule has 0 aliphatic carbocycles. The van der Waals surface area contributed by atoms with Gasteiger partial charge in [-0.1, -0.05) is 51.3 Å². The standard InChI is InChI=1S/C41H71N3O8/c1-8-35-32(26-44-20-13-10-14-21-44)23-27(2)15-16-33(45)28(3)24-31(17-22-43-18-11-9-12-19-43)40(29(4)34(46)25-36(47)51-35)52-41-39(49)37(42(6)7)38(48)30(5)50-41/h15-16,23,28-32,34-35,37-41,46,48-49H,8-14,17-22,24-26H2,1-7H3/b16-15+,27-23+/t28-,29+,30-,31+,32-,34-,35-,37+,38+,39+,40-,41+/m1/s1. The van der Waals surface area contributed by atoms with Crippen LogP contribution < -0.4 is 0 Å². The summed E-state index contributed by atoms with van der Waals surface area (Å²) in [4.78, 5) is 34.1. The Hall–Kier alpha value is -1.70. The molecule has 11 nitrogen and oxygen atoms in total. The normalized spacial score (nSPS) is 40.2. The van der Waals surface area contributed by atoms with E-state index in [4.69, 9.17) is 14.2 Å². The minimum absolute atomic E-state index is 0.0270. The number of likely N-dealkylation sites (tertiary alicyclic amines) is 2. The number of carbonyl (C=O) groups is 2. The maximum Gasteiger partial charge on any atom is 0.308 e. The van der Waals surface area contributed by atoms with Crippen LogP contribution in [0.1, 0.15) is 98.8 Å². The first-order chi connectivity index (χ1) is 24.8. The SMILES string of the molecule is CC[C@H]1OC(=O)C[C@@H](O)[C@H](C)[C@@H](O[C@@H]2O[C@H](C)[C@H](O)[C@H](N(C)C)[C@@H]2O)[C@@H](CCN2CCCCC2)C[C@@H](C)C(=O)/C=C/C(C)=C/[C@@H]1CN1CCCCC1. The van der Waals surface area contributed by atoms with Gasteiger partial charge in [0.25, 0.3) is 0 Å². The summed E-state index contributed by atoms with van der Waals surface area (Å²) in [6.45, 7) is 15.3. The van der Waals surface area contributed by atoms with Crippen molar-refractivity contribution in [2.45, 2.75) is 148 Å². The van der Waals surface area contributed by atoms with Crippen molar-refractivity contribution in [2.24, 2.45) is 23.7 Å². The Labute approximate surface area is 313 Å². The number of aliphatic hydroxyl groups is 3. The van der Waals surface area contributed by atoms with Crippen molar-refractivity contribution in [2.75, 3.05) is 53.4 Å². The van der Waals surface area contributed by atoms with Crippen LogP contribution >= 0.6 is 0 Å². The molecule has 0 amide bonds. The van der Waals surface area contributed by atoms with Crippen molar-refractivity contribution in [3.05, 3.63) is 23.8 Å². The van der Waals surface area contributed by atoms with Gasteiger partial charge in [0.1, 0.15) is 12.2 Å². The fraction of sp³-hybridized carbons (Fsp3) is 0.854. The van der Waals surface area contributed by atoms with Crippen molar-refractivity contribution in [1.82, 2.24) is 14.7 Å². The lowest BCUT2D eigenvalue weighted by Gasteiger charge is -2.47. The molecule has 3 N–H and O–H groups in total. The zero-order valence-corrected chi connectivity index (χ0v) is 33.2. The first-order valence-corrected chi connectivity index (χ1v) is 20.3. The van der Waals surface area contributed by atoms with E-state index in [1.165, 1.54) is 12.8 Å². The number of hydrogen-bond donors (Lipinski definition) is 3. The number of hydrogen-bond acceptors (Lipinski definition) is 11. The molecule has 52 heavy (non-hydrogen) atoms. The summed E-state index contributed by atoms with van der Waals surface area (Å²) in [5.41, 5.74) is 0.954. The van der Waals surface area contributed by atoms with Crippen molar-refractivity contribution < 1.29 is 39.1 Å². The molecule has 0 saturated carbocycles. The van der Waals surface area contributed by atoms with Crippen LogP contribution in [-0.2, 0) is 23.8 Å². The molecule has 0 aromatic carbocycles. The molecule has 3 saturated heterocycles. The molecule has 11 heteroatoms. The lowest BCUT2D eigenvalue weighted by molar-refractivity contribution is -0.304. The van der Waals surface area contributed by atoms with Gasteiger partial charge in [-0.3, -0.25) is 9.59 Å². The zero-order valence-electron chi connectivity index (χ0n) is 33.2. The van der Waals surface area contributed by atoms with Crippen LogP contribution in [0.2, 0.25) is 0 Å². The average Bonchev–Trinajstić information content (AvgIpc) is 3.12. The van der Waals surface area contributed by atoms with Crippen molar-refractivity contribution >= 4 is 11.8 Å². The zero-order chi connectivity index (χ0) is 37.9. The average molecular weight is 734 g/mol. The van der Waals surface area contributed by atoms with Crippen LogP contribution in [0.25, 0.3) is 0 Å². The van der Waals surface area contributed by atoms with Gasteiger partial charge in [-0.2, -0.15) is 0 Å². The van der Waals surface area contributed by atoms with Crippen molar-refractivity contribution in [1.29, 1.82) is 0 Å². The van der Waals surface area contributed by atoms with Gasteiger partial charge in [0.05, 0.1) is 36.9 Å². The molecule has 4 heterocycles. The summed E-state index contributed by atoms with van der Waals surface area (Å²) in [5, 5.41) is 34.2. The monoisotopic (exact) mass is 734 g/mol. The number of likely N-dealkylation sites (N-methyl/N-ethyl adjacent to an activating group) is 1. The van der Waals surface area contributed by atoms with E-state index in [9.17, 15) is 24.9 Å². The first kappa shape index (κ1) is 43.0. The van der Waals surface area contributed by atoms with E-state index in [-0.39, 0.29) is 36.1 Å². The third kappa shape index (κ3) is 12.2. The first-order valence-electron chi connectivity index (χ1n) is 20.3. The van der Waals surface area contributed by atoms with Crippen molar-refractivity contribution in [3.8, 4) is 0 Å². The number of esters is 1. The van der Waals surface area contributed by atoms with Crippen LogP contribution in [0.3, 0.4) is 0 Å². The number of carbonyl (C=O) groups excluding carboxylic acids is 2. The number of ketones is 1.